The van der Waals surface area contributed by atoms with Crippen molar-refractivity contribution in [2.75, 3.05) is 51.3 Å². The molecular weight excluding hydrogens is 569 g/mol. The van der Waals surface area contributed by atoms with Gasteiger partial charge in [-0.2, -0.15) is 4.39 Å². The number of carbonyl (C=O) groups excluding carboxylic acids is 3. The van der Waals surface area contributed by atoms with Crippen molar-refractivity contribution in [1.82, 2.24) is 20.1 Å². The minimum Gasteiger partial charge on any atom is -0.363 e. The van der Waals surface area contributed by atoms with E-state index in [1.165, 1.54) is 0 Å². The highest BCUT2D eigenvalue weighted by molar-refractivity contribution is 7.14. The largest absolute Gasteiger partial charge is 0.363 e. The van der Waals surface area contributed by atoms with Crippen molar-refractivity contribution in [3.8, 4) is 23.6 Å². The lowest BCUT2D eigenvalue weighted by molar-refractivity contribution is -0.145. The number of ether oxygens (including phenoxy) is 1. The fraction of sp³-hybridized carbons (Fsp3) is 0.562. The van der Waals surface area contributed by atoms with Gasteiger partial charge < -0.3 is 24.8 Å². The Kier molecular flexibility index (Phi) is 7.82. The summed E-state index contributed by atoms with van der Waals surface area (Å²) in [5.41, 5.74) is -0.983. The minimum atomic E-state index is -1.20. The molecule has 3 saturated heterocycles. The number of likely N-dealkylation sites (N-methyl/N-ethyl adjacent to an activating group) is 1. The van der Waals surface area contributed by atoms with E-state index in [-0.39, 0.29) is 41.6 Å². The number of piperazine rings is 1. The normalized spacial score (nSPS) is 28.6. The number of fused-ring (bicyclic) bond motifs is 1. The number of anilines is 1. The number of thiazole rings is 1. The fourth-order valence-electron chi connectivity index (χ4n) is 7.14. The molecule has 9 nitrogen and oxygen atoms in total. The van der Waals surface area contributed by atoms with Crippen LogP contribution in [0.4, 0.5) is 9.52 Å². The van der Waals surface area contributed by atoms with Gasteiger partial charge in [0.05, 0.1) is 5.92 Å². The summed E-state index contributed by atoms with van der Waals surface area (Å²) < 4.78 is 20.9. The quantitative estimate of drug-likeness (QED) is 0.504. The van der Waals surface area contributed by atoms with Crippen molar-refractivity contribution in [1.29, 1.82) is 0 Å². The highest BCUT2D eigenvalue weighted by Crippen LogP contribution is 2.49. The average molecular weight is 608 g/mol. The minimum absolute atomic E-state index is 0.0509. The van der Waals surface area contributed by atoms with Gasteiger partial charge in [-0.3, -0.25) is 14.4 Å². The van der Waals surface area contributed by atoms with Crippen molar-refractivity contribution in [2.45, 2.75) is 56.7 Å². The first kappa shape index (κ1) is 29.7. The van der Waals surface area contributed by atoms with Crippen LogP contribution in [0.1, 0.15) is 49.9 Å². The molecule has 1 saturated carbocycles. The molecule has 1 aromatic heterocycles. The Morgan fingerprint density at radius 2 is 1.84 bits per heavy atom. The predicted octanol–water partition coefficient (Wildman–Crippen LogP) is 3.20. The molecule has 228 valence electrons. The molecule has 3 aliphatic heterocycles. The molecule has 4 atom stereocenters. The number of terminal acetylenes is 1. The van der Waals surface area contributed by atoms with E-state index in [1.807, 2.05) is 0 Å². The molecule has 1 aromatic carbocycles. The van der Waals surface area contributed by atoms with E-state index in [1.54, 1.807) is 43.0 Å². The van der Waals surface area contributed by atoms with Crippen LogP contribution in [0.2, 0.25) is 0 Å². The highest BCUT2D eigenvalue weighted by atomic mass is 32.1. The maximum atomic E-state index is 15.0. The number of rotatable bonds is 6. The third-order valence-electron chi connectivity index (χ3n) is 10.2. The molecule has 1 N–H and O–H groups in total. The molecule has 0 radical (unpaired) electrons. The van der Waals surface area contributed by atoms with Gasteiger partial charge in [0.1, 0.15) is 29.5 Å². The van der Waals surface area contributed by atoms with E-state index >= 15 is 0 Å². The first-order valence-electron chi connectivity index (χ1n) is 15.0. The van der Waals surface area contributed by atoms with Gasteiger partial charge >= 0.3 is 0 Å². The molecule has 4 fully saturated rings. The van der Waals surface area contributed by atoms with Crippen LogP contribution in [0.3, 0.4) is 0 Å². The van der Waals surface area contributed by atoms with E-state index in [2.05, 4.69) is 33.1 Å². The number of likely N-dealkylation sites (tertiary alicyclic amines) is 1. The molecule has 2 amide bonds. The number of ketones is 1. The van der Waals surface area contributed by atoms with Crippen molar-refractivity contribution in [2.24, 2.45) is 11.8 Å². The van der Waals surface area contributed by atoms with Crippen LogP contribution < -0.4 is 10.2 Å². The lowest BCUT2D eigenvalue weighted by atomic mass is 9.77. The van der Waals surface area contributed by atoms with E-state index < -0.39 is 29.0 Å². The van der Waals surface area contributed by atoms with Gasteiger partial charge in [-0.25, -0.2) is 4.98 Å². The summed E-state index contributed by atoms with van der Waals surface area (Å²) in [5, 5.41) is 3.29. The lowest BCUT2D eigenvalue weighted by Gasteiger charge is -2.40. The van der Waals surface area contributed by atoms with Crippen LogP contribution in [-0.4, -0.2) is 95.9 Å². The van der Waals surface area contributed by atoms with Crippen molar-refractivity contribution in [3.05, 3.63) is 35.0 Å². The summed E-state index contributed by atoms with van der Waals surface area (Å²) >= 11 is 1.04. The van der Waals surface area contributed by atoms with E-state index in [0.29, 0.717) is 16.3 Å². The van der Waals surface area contributed by atoms with Gasteiger partial charge in [0.2, 0.25) is 11.0 Å². The number of hydrogen-bond acceptors (Lipinski definition) is 8. The number of nitrogens with one attached hydrogen (secondary N) is 1. The van der Waals surface area contributed by atoms with Crippen molar-refractivity contribution in [3.63, 3.8) is 0 Å². The molecule has 11 heteroatoms. The standard InChI is InChI=1S/C32H38FN5O4S/c1-5-23-18-38(31(2)24(39)19-42-32(23,31)3)29(41)26(20-8-6-7-9-20)34-28(40)22-12-10-21(11-13-22)25-27(33)43-30(35-25)37-16-14-36(4)15-17-37/h1,10-13,20,23,26H,6-9,14-19H2,2-4H3,(H,34,40). The zero-order chi connectivity index (χ0) is 30.5. The molecule has 4 aliphatic rings. The maximum Gasteiger partial charge on any atom is 0.251 e. The number of Topliss-reactive ketones (excluding diaryl/α,β-unsaturated/α-hetero) is 1. The van der Waals surface area contributed by atoms with Gasteiger partial charge in [-0.15, -0.1) is 6.42 Å². The van der Waals surface area contributed by atoms with Crippen molar-refractivity contribution < 1.29 is 23.5 Å². The number of halogens is 1. The van der Waals surface area contributed by atoms with Gasteiger partial charge in [0.25, 0.3) is 5.91 Å². The topological polar surface area (TPSA) is 95.1 Å². The molecule has 0 spiro atoms. The number of hydrogen-bond donors (Lipinski definition) is 1. The molecule has 0 bridgehead atoms. The van der Waals surface area contributed by atoms with Crippen LogP contribution in [0, 0.1) is 29.3 Å². The third kappa shape index (κ3) is 4.93. The highest BCUT2D eigenvalue weighted by Gasteiger charge is 2.69. The molecule has 43 heavy (non-hydrogen) atoms. The summed E-state index contributed by atoms with van der Waals surface area (Å²) in [5.74, 6) is 1.36. The number of carbonyl (C=O) groups is 3. The Morgan fingerprint density at radius 1 is 1.16 bits per heavy atom. The second kappa shape index (κ2) is 11.3. The Morgan fingerprint density at radius 3 is 2.49 bits per heavy atom. The van der Waals surface area contributed by atoms with E-state index in [0.717, 1.165) is 63.2 Å². The summed E-state index contributed by atoms with van der Waals surface area (Å²) in [7, 11) is 2.07. The summed E-state index contributed by atoms with van der Waals surface area (Å²) in [6.07, 6.45) is 9.37. The zero-order valence-electron chi connectivity index (χ0n) is 24.9. The van der Waals surface area contributed by atoms with Crippen LogP contribution in [0.15, 0.2) is 24.3 Å². The number of amides is 2. The van der Waals surface area contributed by atoms with Gasteiger partial charge in [-0.1, -0.05) is 42.2 Å². The zero-order valence-corrected chi connectivity index (χ0v) is 25.7. The first-order chi connectivity index (χ1) is 20.6. The van der Waals surface area contributed by atoms with Gasteiger partial charge in [-0.05, 0) is 51.8 Å². The summed E-state index contributed by atoms with van der Waals surface area (Å²) in [6.45, 7) is 7.02. The SMILES string of the molecule is C#CC1CN(C(=O)C(NC(=O)c2ccc(-c3nc(N4CCN(C)CC4)sc3F)cc2)C2CCCC2)C2(C)C(=O)COC12C. The third-order valence-corrected chi connectivity index (χ3v) is 11.1. The molecule has 4 heterocycles. The van der Waals surface area contributed by atoms with E-state index in [9.17, 15) is 18.8 Å². The number of benzene rings is 1. The van der Waals surface area contributed by atoms with Gasteiger partial charge in [0.15, 0.2) is 10.9 Å². The summed E-state index contributed by atoms with van der Waals surface area (Å²) in [4.78, 5) is 51.3. The first-order valence-corrected chi connectivity index (χ1v) is 15.8. The van der Waals surface area contributed by atoms with Crippen LogP contribution >= 0.6 is 11.3 Å². The Labute approximate surface area is 255 Å². The number of aromatic nitrogens is 1. The van der Waals surface area contributed by atoms with Crippen LogP contribution in [0.25, 0.3) is 11.3 Å². The van der Waals surface area contributed by atoms with Gasteiger partial charge in [0, 0.05) is 43.9 Å². The number of nitrogens with zero attached hydrogens (tertiary/aromatic N) is 4. The molecular formula is C32H38FN5O4S. The fourth-order valence-corrected chi connectivity index (χ4v) is 8.01. The van der Waals surface area contributed by atoms with Crippen LogP contribution in [0.5, 0.6) is 0 Å². The molecule has 1 aliphatic carbocycles. The molecule has 6 rings (SSSR count). The lowest BCUT2D eigenvalue weighted by Crippen LogP contribution is -2.62. The van der Waals surface area contributed by atoms with E-state index in [4.69, 9.17) is 11.2 Å². The molecule has 2 aromatic rings. The second-order valence-electron chi connectivity index (χ2n) is 12.5. The smallest absolute Gasteiger partial charge is 0.251 e. The predicted molar refractivity (Wildman–Crippen MR) is 162 cm³/mol. The monoisotopic (exact) mass is 607 g/mol. The second-order valence-corrected chi connectivity index (χ2v) is 13.5. The summed E-state index contributed by atoms with van der Waals surface area (Å²) in [6, 6.07) is 5.83. The van der Waals surface area contributed by atoms with Crippen LogP contribution in [-0.2, 0) is 14.3 Å². The Balaban J connectivity index is 1.21. The van der Waals surface area contributed by atoms with Crippen molar-refractivity contribution >= 4 is 34.1 Å². The maximum absolute atomic E-state index is 15.0. The molecule has 4 unspecified atom stereocenters. The Hall–Kier alpha value is -3.33. The Bertz CT molecular complexity index is 1460. The average Bonchev–Trinajstić information content (AvgIpc) is 3.77.